The van der Waals surface area contributed by atoms with Gasteiger partial charge in [-0.2, -0.15) is 4.57 Å². The lowest BCUT2D eigenvalue weighted by Crippen LogP contribution is -2.65. The molecule has 0 aliphatic carbocycles. The molecule has 1 unspecified atom stereocenters. The van der Waals surface area contributed by atoms with Crippen LogP contribution in [0.5, 0.6) is 0 Å². The molecule has 1 aliphatic rings. The fourth-order valence-electron chi connectivity index (χ4n) is 5.37. The van der Waals surface area contributed by atoms with Gasteiger partial charge in [-0.05, 0) is 61.3 Å². The first-order chi connectivity index (χ1) is 14.2. The molecule has 0 fully saturated rings. The monoisotopic (exact) mass is 432 g/mol. The average Bonchev–Trinajstić information content (AvgIpc) is 3.27. The van der Waals surface area contributed by atoms with Crippen LogP contribution in [0.15, 0.2) is 48.5 Å². The van der Waals surface area contributed by atoms with Crippen molar-refractivity contribution >= 4 is 42.8 Å². The van der Waals surface area contributed by atoms with E-state index >= 15 is 0 Å². The molecule has 3 aromatic heterocycles. The van der Waals surface area contributed by atoms with Crippen molar-refractivity contribution in [1.82, 2.24) is 0 Å². The lowest BCUT2D eigenvalue weighted by molar-refractivity contribution is -0.749. The van der Waals surface area contributed by atoms with Gasteiger partial charge in [0.25, 0.3) is 0 Å². The largest absolute Gasteiger partial charge is 0.241 e. The lowest BCUT2D eigenvalue weighted by Gasteiger charge is -2.42. The number of aryl methyl sites for hydroxylation is 1. The van der Waals surface area contributed by atoms with E-state index in [0.717, 1.165) is 6.42 Å². The maximum absolute atomic E-state index is 4.29. The van der Waals surface area contributed by atoms with Gasteiger partial charge < -0.3 is 0 Å². The van der Waals surface area contributed by atoms with Crippen molar-refractivity contribution in [3.8, 4) is 10.6 Å². The van der Waals surface area contributed by atoms with E-state index < -0.39 is 0 Å². The summed E-state index contributed by atoms with van der Waals surface area (Å²) < 4.78 is 5.36. The zero-order chi connectivity index (χ0) is 21.4. The Labute approximate surface area is 187 Å². The fourth-order valence-corrected chi connectivity index (χ4v) is 8.06. The highest BCUT2D eigenvalue weighted by Crippen LogP contribution is 2.53. The van der Waals surface area contributed by atoms with Crippen molar-refractivity contribution in [3.63, 3.8) is 0 Å². The van der Waals surface area contributed by atoms with Gasteiger partial charge in [0.15, 0.2) is 11.7 Å². The maximum Gasteiger partial charge on any atom is 0.241 e. The van der Waals surface area contributed by atoms with Gasteiger partial charge >= 0.3 is 0 Å². The molecule has 1 atom stereocenters. The van der Waals surface area contributed by atoms with Crippen LogP contribution in [-0.2, 0) is 17.4 Å². The third-order valence-electron chi connectivity index (χ3n) is 7.29. The molecule has 30 heavy (non-hydrogen) atoms. The topological polar surface area (TPSA) is 3.88 Å². The van der Waals surface area contributed by atoms with Crippen molar-refractivity contribution in [3.05, 3.63) is 65.2 Å². The van der Waals surface area contributed by atoms with Gasteiger partial charge in [0, 0.05) is 28.5 Å². The Balaban J connectivity index is 1.93. The average molecular weight is 433 g/mol. The smallest absolute Gasteiger partial charge is 0.187 e. The van der Waals surface area contributed by atoms with E-state index in [1.807, 2.05) is 22.7 Å². The van der Waals surface area contributed by atoms with E-state index in [4.69, 9.17) is 0 Å². The molecule has 154 valence electrons. The summed E-state index contributed by atoms with van der Waals surface area (Å²) in [7, 11) is 0. The second-order valence-corrected chi connectivity index (χ2v) is 11.8. The van der Waals surface area contributed by atoms with Crippen LogP contribution in [0.2, 0.25) is 0 Å². The SMILES string of the molecule is C=CC1(C)[n+]2ccc3c(sc4c(CC(C)C)cccc43)c2-c2scc(C)c2C1(C)C. The molecular formula is C27H30NS2+. The Morgan fingerprint density at radius 3 is 2.53 bits per heavy atom. The van der Waals surface area contributed by atoms with Crippen LogP contribution < -0.4 is 4.57 Å². The maximum atomic E-state index is 4.29. The minimum atomic E-state index is -0.188. The number of aromatic nitrogens is 1. The van der Waals surface area contributed by atoms with Crippen LogP contribution in [0.4, 0.5) is 0 Å². The number of hydrogen-bond donors (Lipinski definition) is 0. The third kappa shape index (κ3) is 2.42. The number of allylic oxidation sites excluding steroid dienone is 1. The molecule has 0 saturated carbocycles. The minimum absolute atomic E-state index is 0.0288. The summed E-state index contributed by atoms with van der Waals surface area (Å²) >= 11 is 3.88. The molecule has 5 rings (SSSR count). The van der Waals surface area contributed by atoms with Crippen LogP contribution >= 0.6 is 22.7 Å². The highest BCUT2D eigenvalue weighted by atomic mass is 32.1. The summed E-state index contributed by atoms with van der Waals surface area (Å²) in [6.07, 6.45) is 5.58. The van der Waals surface area contributed by atoms with E-state index in [1.54, 1.807) is 0 Å². The van der Waals surface area contributed by atoms with Crippen LogP contribution in [0.25, 0.3) is 30.7 Å². The molecule has 0 spiro atoms. The number of rotatable bonds is 3. The van der Waals surface area contributed by atoms with Gasteiger partial charge in [0.2, 0.25) is 5.69 Å². The molecule has 0 N–H and O–H groups in total. The van der Waals surface area contributed by atoms with Gasteiger partial charge in [-0.25, -0.2) is 0 Å². The van der Waals surface area contributed by atoms with Crippen molar-refractivity contribution in [1.29, 1.82) is 0 Å². The molecular weight excluding hydrogens is 402 g/mol. The second-order valence-electron chi connectivity index (χ2n) is 9.87. The molecule has 0 radical (unpaired) electrons. The van der Waals surface area contributed by atoms with Crippen LogP contribution in [-0.4, -0.2) is 0 Å². The summed E-state index contributed by atoms with van der Waals surface area (Å²) in [5.74, 6) is 0.653. The van der Waals surface area contributed by atoms with Gasteiger partial charge in [0.1, 0.15) is 9.58 Å². The Morgan fingerprint density at radius 2 is 1.83 bits per heavy atom. The third-order valence-corrected chi connectivity index (χ3v) is 9.70. The van der Waals surface area contributed by atoms with Gasteiger partial charge in [-0.1, -0.05) is 38.6 Å². The van der Waals surface area contributed by atoms with Crippen molar-refractivity contribution in [2.75, 3.05) is 0 Å². The van der Waals surface area contributed by atoms with Gasteiger partial charge in [-0.15, -0.1) is 22.7 Å². The highest BCUT2D eigenvalue weighted by Gasteiger charge is 2.55. The molecule has 4 aromatic rings. The van der Waals surface area contributed by atoms with E-state index in [2.05, 4.69) is 94.6 Å². The molecule has 4 heterocycles. The molecule has 0 bridgehead atoms. The first-order valence-electron chi connectivity index (χ1n) is 10.8. The molecule has 1 nitrogen and oxygen atoms in total. The minimum Gasteiger partial charge on any atom is -0.187 e. The van der Waals surface area contributed by atoms with Crippen LogP contribution in [0.1, 0.15) is 51.3 Å². The van der Waals surface area contributed by atoms with E-state index in [9.17, 15) is 0 Å². The van der Waals surface area contributed by atoms with Gasteiger partial charge in [-0.3, -0.25) is 0 Å². The number of thiophene rings is 2. The summed E-state index contributed by atoms with van der Waals surface area (Å²) in [6.45, 7) is 18.3. The lowest BCUT2D eigenvalue weighted by atomic mass is 9.65. The quantitative estimate of drug-likeness (QED) is 0.230. The normalized spacial score (nSPS) is 20.0. The van der Waals surface area contributed by atoms with E-state index in [1.165, 1.54) is 47.4 Å². The summed E-state index contributed by atoms with van der Waals surface area (Å²) in [6, 6.07) is 9.18. The zero-order valence-corrected chi connectivity index (χ0v) is 20.4. The number of fused-ring (bicyclic) bond motifs is 7. The summed E-state index contributed by atoms with van der Waals surface area (Å²) in [4.78, 5) is 1.43. The van der Waals surface area contributed by atoms with Crippen molar-refractivity contribution < 1.29 is 4.57 Å². The predicted molar refractivity (Wildman–Crippen MR) is 133 cm³/mol. The molecule has 1 aromatic carbocycles. The Morgan fingerprint density at radius 1 is 1.10 bits per heavy atom. The van der Waals surface area contributed by atoms with Crippen LogP contribution in [0.3, 0.4) is 0 Å². The van der Waals surface area contributed by atoms with E-state index in [0.29, 0.717) is 5.92 Å². The Hall–Kier alpha value is -1.97. The highest BCUT2D eigenvalue weighted by molar-refractivity contribution is 7.26. The van der Waals surface area contributed by atoms with Crippen molar-refractivity contribution in [2.24, 2.45) is 5.92 Å². The summed E-state index contributed by atoms with van der Waals surface area (Å²) in [5.41, 5.74) is 5.53. The number of nitrogens with zero attached hydrogens (tertiary/aromatic N) is 1. The molecule has 0 saturated heterocycles. The first kappa shape index (κ1) is 20.0. The number of benzene rings is 1. The fraction of sp³-hybridized carbons (Fsp3) is 0.370. The second kappa shape index (κ2) is 6.51. The predicted octanol–water partition coefficient (Wildman–Crippen LogP) is 7.77. The summed E-state index contributed by atoms with van der Waals surface area (Å²) in [5, 5.41) is 5.12. The Kier molecular flexibility index (Phi) is 4.33. The molecule has 0 amide bonds. The van der Waals surface area contributed by atoms with Gasteiger partial charge in [0.05, 0.1) is 5.41 Å². The number of hydrogen-bond acceptors (Lipinski definition) is 2. The Bertz CT molecular complexity index is 1320. The molecule has 3 heteroatoms. The zero-order valence-electron chi connectivity index (χ0n) is 18.8. The van der Waals surface area contributed by atoms with E-state index in [-0.39, 0.29) is 11.0 Å². The molecule has 1 aliphatic heterocycles. The first-order valence-corrected chi connectivity index (χ1v) is 12.5. The van der Waals surface area contributed by atoms with Crippen LogP contribution in [0, 0.1) is 12.8 Å². The standard InChI is InChI=1S/C27H30NS2/c1-8-27(7)26(5,6)21-17(4)15-29-25(21)22-24-20(12-13-28(22)27)19-11-9-10-18(14-16(2)3)23(19)30-24/h8-13,15-16H,1,14H2,2-7H3/q+1. The number of pyridine rings is 1. The van der Waals surface area contributed by atoms with Crippen molar-refractivity contribution in [2.45, 2.75) is 58.9 Å².